The molecule has 0 aromatic rings. The van der Waals surface area contributed by atoms with Crippen LogP contribution in [0.4, 0.5) is 0 Å². The van der Waals surface area contributed by atoms with Gasteiger partial charge in [0.2, 0.25) is 0 Å². The van der Waals surface area contributed by atoms with E-state index in [2.05, 4.69) is 20.8 Å². The molecule has 3 heteroatoms. The second-order valence-electron chi connectivity index (χ2n) is 5.71. The molecule has 0 aromatic heterocycles. The maximum Gasteiger partial charge on any atom is 0.254 e. The van der Waals surface area contributed by atoms with E-state index in [1.165, 1.54) is 12.8 Å². The fourth-order valence-corrected chi connectivity index (χ4v) is 2.85. The highest BCUT2D eigenvalue weighted by Crippen LogP contribution is 2.45. The Bertz CT molecular complexity index is 279. The van der Waals surface area contributed by atoms with Crippen LogP contribution in [-0.4, -0.2) is 35.1 Å². The SMILES string of the molecule is CCCCCC(C)(CC)C1(O)CCN(C)C1=O. The van der Waals surface area contributed by atoms with Crippen LogP contribution < -0.4 is 0 Å². The molecular formula is C14H27NO2. The van der Waals surface area contributed by atoms with Crippen molar-refractivity contribution in [1.82, 2.24) is 4.90 Å². The van der Waals surface area contributed by atoms with Gasteiger partial charge in [-0.2, -0.15) is 0 Å². The Labute approximate surface area is 105 Å². The van der Waals surface area contributed by atoms with E-state index in [4.69, 9.17) is 0 Å². The Balaban J connectivity index is 2.81. The predicted octanol–water partition coefficient (Wildman–Crippen LogP) is 2.58. The highest BCUT2D eigenvalue weighted by molar-refractivity contribution is 5.87. The molecule has 2 unspecified atom stereocenters. The van der Waals surface area contributed by atoms with Gasteiger partial charge < -0.3 is 10.0 Å². The van der Waals surface area contributed by atoms with Gasteiger partial charge in [0.25, 0.3) is 5.91 Å². The first-order valence-electron chi connectivity index (χ1n) is 6.89. The van der Waals surface area contributed by atoms with Gasteiger partial charge in [0.05, 0.1) is 0 Å². The smallest absolute Gasteiger partial charge is 0.254 e. The van der Waals surface area contributed by atoms with Gasteiger partial charge in [0.1, 0.15) is 5.60 Å². The van der Waals surface area contributed by atoms with Gasteiger partial charge in [0, 0.05) is 25.4 Å². The van der Waals surface area contributed by atoms with Crippen molar-refractivity contribution in [3.63, 3.8) is 0 Å². The lowest BCUT2D eigenvalue weighted by Crippen LogP contribution is -2.51. The topological polar surface area (TPSA) is 40.5 Å². The number of likely N-dealkylation sites (N-methyl/N-ethyl adjacent to an activating group) is 1. The van der Waals surface area contributed by atoms with E-state index in [0.29, 0.717) is 13.0 Å². The molecule has 0 aromatic carbocycles. The number of hydrogen-bond acceptors (Lipinski definition) is 2. The predicted molar refractivity (Wildman–Crippen MR) is 69.7 cm³/mol. The molecule has 1 aliphatic rings. The molecule has 1 fully saturated rings. The highest BCUT2D eigenvalue weighted by Gasteiger charge is 2.55. The third kappa shape index (κ3) is 2.49. The molecule has 1 N–H and O–H groups in total. The summed E-state index contributed by atoms with van der Waals surface area (Å²) in [6.45, 7) is 7.00. The van der Waals surface area contributed by atoms with E-state index in [1.807, 2.05) is 0 Å². The van der Waals surface area contributed by atoms with E-state index in [1.54, 1.807) is 11.9 Å². The molecule has 0 saturated carbocycles. The average molecular weight is 241 g/mol. The number of amides is 1. The van der Waals surface area contributed by atoms with Crippen LogP contribution in [0.25, 0.3) is 0 Å². The maximum absolute atomic E-state index is 12.1. The maximum atomic E-state index is 12.1. The number of rotatable bonds is 6. The fourth-order valence-electron chi connectivity index (χ4n) is 2.85. The molecule has 1 saturated heterocycles. The summed E-state index contributed by atoms with van der Waals surface area (Å²) in [5, 5.41) is 10.8. The second kappa shape index (κ2) is 5.38. The summed E-state index contributed by atoms with van der Waals surface area (Å²) in [6, 6.07) is 0. The summed E-state index contributed by atoms with van der Waals surface area (Å²) in [7, 11) is 1.78. The summed E-state index contributed by atoms with van der Waals surface area (Å²) in [4.78, 5) is 13.8. The van der Waals surface area contributed by atoms with Crippen molar-refractivity contribution >= 4 is 5.91 Å². The summed E-state index contributed by atoms with van der Waals surface area (Å²) in [6.07, 6.45) is 5.82. The van der Waals surface area contributed by atoms with Gasteiger partial charge >= 0.3 is 0 Å². The van der Waals surface area contributed by atoms with E-state index in [0.717, 1.165) is 19.3 Å². The van der Waals surface area contributed by atoms with Crippen LogP contribution in [0.1, 0.15) is 59.3 Å². The second-order valence-corrected chi connectivity index (χ2v) is 5.71. The van der Waals surface area contributed by atoms with Crippen LogP contribution in [0.5, 0.6) is 0 Å². The lowest BCUT2D eigenvalue weighted by atomic mass is 9.67. The van der Waals surface area contributed by atoms with Crippen molar-refractivity contribution < 1.29 is 9.90 Å². The van der Waals surface area contributed by atoms with E-state index >= 15 is 0 Å². The van der Waals surface area contributed by atoms with Crippen LogP contribution in [0.3, 0.4) is 0 Å². The van der Waals surface area contributed by atoms with Crippen molar-refractivity contribution in [3.05, 3.63) is 0 Å². The number of carbonyl (C=O) groups is 1. The van der Waals surface area contributed by atoms with Gasteiger partial charge in [-0.05, 0) is 12.8 Å². The number of unbranched alkanes of at least 4 members (excludes halogenated alkanes) is 2. The zero-order valence-electron chi connectivity index (χ0n) is 11.8. The van der Waals surface area contributed by atoms with Gasteiger partial charge in [-0.15, -0.1) is 0 Å². The first-order valence-corrected chi connectivity index (χ1v) is 6.89. The molecule has 1 amide bonds. The third-order valence-corrected chi connectivity index (χ3v) is 4.62. The van der Waals surface area contributed by atoms with Crippen LogP contribution >= 0.6 is 0 Å². The Kier molecular flexibility index (Phi) is 4.59. The van der Waals surface area contributed by atoms with Crippen LogP contribution in [0, 0.1) is 5.41 Å². The molecule has 100 valence electrons. The average Bonchev–Trinajstić information content (AvgIpc) is 2.59. The molecule has 1 heterocycles. The quantitative estimate of drug-likeness (QED) is 0.726. The van der Waals surface area contributed by atoms with E-state index in [9.17, 15) is 9.90 Å². The van der Waals surface area contributed by atoms with Crippen LogP contribution in [-0.2, 0) is 4.79 Å². The molecule has 0 bridgehead atoms. The monoisotopic (exact) mass is 241 g/mol. The van der Waals surface area contributed by atoms with Crippen molar-refractivity contribution in [2.45, 2.75) is 64.9 Å². The lowest BCUT2D eigenvalue weighted by Gasteiger charge is -2.40. The molecule has 17 heavy (non-hydrogen) atoms. The molecule has 2 atom stereocenters. The largest absolute Gasteiger partial charge is 0.379 e. The van der Waals surface area contributed by atoms with Gasteiger partial charge in [-0.25, -0.2) is 0 Å². The molecule has 3 nitrogen and oxygen atoms in total. The molecule has 0 radical (unpaired) electrons. The van der Waals surface area contributed by atoms with Crippen LogP contribution in [0.2, 0.25) is 0 Å². The lowest BCUT2D eigenvalue weighted by molar-refractivity contribution is -0.156. The molecule has 1 rings (SSSR count). The minimum Gasteiger partial charge on any atom is -0.379 e. The van der Waals surface area contributed by atoms with Crippen molar-refractivity contribution in [3.8, 4) is 0 Å². The first-order chi connectivity index (χ1) is 7.91. The Morgan fingerprint density at radius 2 is 2.06 bits per heavy atom. The van der Waals surface area contributed by atoms with E-state index in [-0.39, 0.29) is 11.3 Å². The van der Waals surface area contributed by atoms with Gasteiger partial charge in [-0.3, -0.25) is 4.79 Å². The molecule has 0 aliphatic carbocycles. The summed E-state index contributed by atoms with van der Waals surface area (Å²) in [5.41, 5.74) is -1.41. The zero-order chi connectivity index (χ0) is 13.1. The Morgan fingerprint density at radius 3 is 2.47 bits per heavy atom. The van der Waals surface area contributed by atoms with Crippen molar-refractivity contribution in [1.29, 1.82) is 0 Å². The fraction of sp³-hybridized carbons (Fsp3) is 0.929. The Morgan fingerprint density at radius 1 is 1.41 bits per heavy atom. The van der Waals surface area contributed by atoms with Gasteiger partial charge in [0.15, 0.2) is 0 Å². The molecule has 0 spiro atoms. The van der Waals surface area contributed by atoms with Crippen molar-refractivity contribution in [2.75, 3.05) is 13.6 Å². The Hall–Kier alpha value is -0.570. The number of nitrogens with zero attached hydrogens (tertiary/aromatic N) is 1. The number of likely N-dealkylation sites (tertiary alicyclic amines) is 1. The highest BCUT2D eigenvalue weighted by atomic mass is 16.3. The van der Waals surface area contributed by atoms with E-state index < -0.39 is 5.60 Å². The summed E-state index contributed by atoms with van der Waals surface area (Å²) < 4.78 is 0. The normalized spacial score (nSPS) is 28.5. The van der Waals surface area contributed by atoms with Crippen molar-refractivity contribution in [2.24, 2.45) is 5.41 Å². The third-order valence-electron chi connectivity index (χ3n) is 4.62. The minimum atomic E-state index is -1.13. The first kappa shape index (κ1) is 14.5. The number of hydrogen-bond donors (Lipinski definition) is 1. The minimum absolute atomic E-state index is 0.0849. The summed E-state index contributed by atoms with van der Waals surface area (Å²) >= 11 is 0. The number of aliphatic hydroxyl groups is 1. The number of carbonyl (C=O) groups excluding carboxylic acids is 1. The zero-order valence-corrected chi connectivity index (χ0v) is 11.8. The summed E-state index contributed by atoms with van der Waals surface area (Å²) in [5.74, 6) is -0.0849. The standard InChI is InChI=1S/C14H27NO2/c1-5-7-8-9-13(3,6-2)14(17)10-11-15(4)12(14)16/h17H,5-11H2,1-4H3. The van der Waals surface area contributed by atoms with Gasteiger partial charge in [-0.1, -0.05) is 40.0 Å². The van der Waals surface area contributed by atoms with Crippen LogP contribution in [0.15, 0.2) is 0 Å². The molecule has 1 aliphatic heterocycles. The molecular weight excluding hydrogens is 214 g/mol.